The Morgan fingerprint density at radius 1 is 0.926 bits per heavy atom. The van der Waals surface area contributed by atoms with Crippen LogP contribution in [0.4, 0.5) is 5.69 Å². The fourth-order valence-electron chi connectivity index (χ4n) is 3.11. The van der Waals surface area contributed by atoms with Crippen LogP contribution in [0.15, 0.2) is 54.6 Å². The molecule has 146 valence electrons. The van der Waals surface area contributed by atoms with E-state index in [4.69, 9.17) is 8.92 Å². The first-order valence-electron chi connectivity index (χ1n) is 9.24. The van der Waals surface area contributed by atoms with Gasteiger partial charge in [-0.05, 0) is 31.2 Å². The summed E-state index contributed by atoms with van der Waals surface area (Å²) in [6, 6.07) is 16.7. The van der Waals surface area contributed by atoms with Crippen molar-refractivity contribution in [3.8, 4) is 11.5 Å². The maximum Gasteiger partial charge on any atom is 0.310 e. The second-order valence-electron chi connectivity index (χ2n) is 6.39. The van der Waals surface area contributed by atoms with E-state index in [0.29, 0.717) is 18.9 Å². The molecule has 2 aromatic rings. The number of hydrogen-bond donors (Lipinski definition) is 0. The van der Waals surface area contributed by atoms with Crippen LogP contribution in [0.2, 0.25) is 0 Å². The molecule has 0 N–H and O–H groups in total. The fourth-order valence-corrected chi connectivity index (χ4v) is 4.08. The first-order valence-corrected chi connectivity index (χ1v) is 10.8. The molecule has 1 saturated heterocycles. The number of nitrogens with zero attached hydrogens (tertiary/aromatic N) is 2. The zero-order valence-corrected chi connectivity index (χ0v) is 16.4. The minimum absolute atomic E-state index is 0.0164. The summed E-state index contributed by atoms with van der Waals surface area (Å²) >= 11 is 0. The molecule has 0 saturated carbocycles. The van der Waals surface area contributed by atoms with E-state index in [9.17, 15) is 8.42 Å². The third-order valence-corrected chi connectivity index (χ3v) is 5.63. The Balaban J connectivity index is 1.50. The van der Waals surface area contributed by atoms with Crippen molar-refractivity contribution in [3.63, 3.8) is 0 Å². The first kappa shape index (κ1) is 19.5. The van der Waals surface area contributed by atoms with E-state index in [2.05, 4.69) is 15.9 Å². The van der Waals surface area contributed by atoms with Gasteiger partial charge in [-0.25, -0.2) is 0 Å². The molecule has 0 atom stereocenters. The Morgan fingerprint density at radius 3 is 2.30 bits per heavy atom. The maximum absolute atomic E-state index is 12.2. The second-order valence-corrected chi connectivity index (χ2v) is 8.08. The second kappa shape index (κ2) is 9.10. The summed E-state index contributed by atoms with van der Waals surface area (Å²) in [5, 5.41) is 0. The van der Waals surface area contributed by atoms with Crippen LogP contribution in [-0.4, -0.2) is 58.4 Å². The fraction of sp³-hybridized carbons (Fsp3) is 0.400. The predicted octanol–water partition coefficient (Wildman–Crippen LogP) is 2.62. The molecular formula is C20H26N2O4S. The molecule has 3 rings (SSSR count). The third-order valence-electron chi connectivity index (χ3n) is 4.50. The zero-order valence-electron chi connectivity index (χ0n) is 15.6. The number of piperazine rings is 1. The number of anilines is 1. The lowest BCUT2D eigenvalue weighted by atomic mass is 10.2. The van der Waals surface area contributed by atoms with Crippen LogP contribution >= 0.6 is 0 Å². The number of para-hydroxylation sites is 3. The van der Waals surface area contributed by atoms with Gasteiger partial charge in [0.2, 0.25) is 0 Å². The largest absolute Gasteiger partial charge is 0.492 e. The molecule has 1 aliphatic rings. The summed E-state index contributed by atoms with van der Waals surface area (Å²) < 4.78 is 35.2. The molecule has 7 heteroatoms. The lowest BCUT2D eigenvalue weighted by molar-refractivity contribution is 0.268. The molecule has 2 aromatic carbocycles. The summed E-state index contributed by atoms with van der Waals surface area (Å²) in [6.45, 7) is 6.37. The van der Waals surface area contributed by atoms with Crippen molar-refractivity contribution in [1.29, 1.82) is 0 Å². The quantitative estimate of drug-likeness (QED) is 0.646. The van der Waals surface area contributed by atoms with E-state index < -0.39 is 10.1 Å². The van der Waals surface area contributed by atoms with Gasteiger partial charge in [0.15, 0.2) is 0 Å². The van der Waals surface area contributed by atoms with Crippen molar-refractivity contribution in [2.45, 2.75) is 6.92 Å². The van der Waals surface area contributed by atoms with Gasteiger partial charge >= 0.3 is 10.1 Å². The molecule has 0 aliphatic carbocycles. The van der Waals surface area contributed by atoms with Gasteiger partial charge in [-0.15, -0.1) is 0 Å². The Morgan fingerprint density at radius 2 is 1.59 bits per heavy atom. The van der Waals surface area contributed by atoms with Crippen LogP contribution < -0.4 is 13.8 Å². The molecule has 0 spiro atoms. The van der Waals surface area contributed by atoms with Crippen LogP contribution in [0.1, 0.15) is 6.92 Å². The first-order chi connectivity index (χ1) is 13.1. The Hall–Kier alpha value is -2.25. The van der Waals surface area contributed by atoms with E-state index in [1.807, 2.05) is 31.2 Å². The summed E-state index contributed by atoms with van der Waals surface area (Å²) in [7, 11) is -3.59. The molecule has 1 aliphatic heterocycles. The lowest BCUT2D eigenvalue weighted by Gasteiger charge is -2.36. The lowest BCUT2D eigenvalue weighted by Crippen LogP contribution is -2.47. The van der Waals surface area contributed by atoms with Gasteiger partial charge in [0.25, 0.3) is 0 Å². The summed E-state index contributed by atoms with van der Waals surface area (Å²) in [5.41, 5.74) is 1.10. The normalized spacial score (nSPS) is 15.5. The summed E-state index contributed by atoms with van der Waals surface area (Å²) in [6.07, 6.45) is 0. The van der Waals surface area contributed by atoms with Crippen molar-refractivity contribution in [2.24, 2.45) is 0 Å². The Labute approximate surface area is 161 Å². The number of rotatable bonds is 8. The van der Waals surface area contributed by atoms with Gasteiger partial charge in [0.1, 0.15) is 11.5 Å². The van der Waals surface area contributed by atoms with Crippen molar-refractivity contribution >= 4 is 15.8 Å². The van der Waals surface area contributed by atoms with E-state index in [1.54, 1.807) is 24.3 Å². The highest BCUT2D eigenvalue weighted by Crippen LogP contribution is 2.28. The SMILES string of the molecule is CCOc1ccccc1N1CCN(CCS(=O)(=O)Oc2ccccc2)CC1. The van der Waals surface area contributed by atoms with Gasteiger partial charge in [-0.2, -0.15) is 8.42 Å². The zero-order chi connectivity index (χ0) is 19.1. The van der Waals surface area contributed by atoms with Crippen LogP contribution in [0.5, 0.6) is 11.5 Å². The smallest absolute Gasteiger partial charge is 0.310 e. The van der Waals surface area contributed by atoms with Crippen LogP contribution in [-0.2, 0) is 10.1 Å². The van der Waals surface area contributed by atoms with Crippen molar-refractivity contribution in [1.82, 2.24) is 4.90 Å². The average Bonchev–Trinajstić information content (AvgIpc) is 2.68. The highest BCUT2D eigenvalue weighted by atomic mass is 32.2. The summed E-state index contributed by atoms with van der Waals surface area (Å²) in [5.74, 6) is 1.24. The molecule has 0 radical (unpaired) electrons. The standard InChI is InChI=1S/C20H26N2O4S/c1-2-25-20-11-7-6-10-19(20)22-14-12-21(13-15-22)16-17-27(23,24)26-18-8-4-3-5-9-18/h3-11H,2,12-17H2,1H3. The minimum Gasteiger partial charge on any atom is -0.492 e. The highest BCUT2D eigenvalue weighted by molar-refractivity contribution is 7.87. The van der Waals surface area contributed by atoms with Gasteiger partial charge in [-0.3, -0.25) is 4.90 Å². The highest BCUT2D eigenvalue weighted by Gasteiger charge is 2.22. The van der Waals surface area contributed by atoms with Crippen molar-refractivity contribution in [3.05, 3.63) is 54.6 Å². The van der Waals surface area contributed by atoms with Gasteiger partial charge in [0, 0.05) is 32.7 Å². The molecule has 1 heterocycles. The van der Waals surface area contributed by atoms with Gasteiger partial charge < -0.3 is 13.8 Å². The van der Waals surface area contributed by atoms with Crippen molar-refractivity contribution in [2.75, 3.05) is 50.0 Å². The number of benzene rings is 2. The monoisotopic (exact) mass is 390 g/mol. The summed E-state index contributed by atoms with van der Waals surface area (Å²) in [4.78, 5) is 4.45. The van der Waals surface area contributed by atoms with E-state index in [1.165, 1.54) is 0 Å². The van der Waals surface area contributed by atoms with Crippen LogP contribution in [0, 0.1) is 0 Å². The average molecular weight is 391 g/mol. The van der Waals surface area contributed by atoms with E-state index >= 15 is 0 Å². The van der Waals surface area contributed by atoms with Gasteiger partial charge in [0.05, 0.1) is 18.0 Å². The van der Waals surface area contributed by atoms with Gasteiger partial charge in [-0.1, -0.05) is 30.3 Å². The van der Waals surface area contributed by atoms with E-state index in [-0.39, 0.29) is 5.75 Å². The Kier molecular flexibility index (Phi) is 6.58. The minimum atomic E-state index is -3.59. The van der Waals surface area contributed by atoms with Crippen molar-refractivity contribution < 1.29 is 17.3 Å². The Bertz CT molecular complexity index is 819. The topological polar surface area (TPSA) is 59.1 Å². The molecule has 0 amide bonds. The van der Waals surface area contributed by atoms with E-state index in [0.717, 1.165) is 37.6 Å². The molecule has 27 heavy (non-hydrogen) atoms. The number of ether oxygens (including phenoxy) is 1. The van der Waals surface area contributed by atoms with Crippen LogP contribution in [0.3, 0.4) is 0 Å². The molecule has 6 nitrogen and oxygen atoms in total. The molecular weight excluding hydrogens is 364 g/mol. The third kappa shape index (κ3) is 5.61. The molecule has 0 unspecified atom stereocenters. The maximum atomic E-state index is 12.2. The van der Waals surface area contributed by atoms with Crippen LogP contribution in [0.25, 0.3) is 0 Å². The predicted molar refractivity (Wildman–Crippen MR) is 107 cm³/mol. The number of hydrogen-bond acceptors (Lipinski definition) is 6. The molecule has 0 aromatic heterocycles. The molecule has 1 fully saturated rings. The molecule has 0 bridgehead atoms.